The molecule has 5 nitrogen and oxygen atoms in total. The van der Waals surface area contributed by atoms with Crippen LogP contribution in [0.5, 0.6) is 0 Å². The number of nitrogens with one attached hydrogen (secondary N) is 1. The van der Waals surface area contributed by atoms with E-state index in [0.717, 1.165) is 36.2 Å². The lowest BCUT2D eigenvalue weighted by Crippen LogP contribution is -2.36. The smallest absolute Gasteiger partial charge is 0.410 e. The van der Waals surface area contributed by atoms with Gasteiger partial charge in [0.1, 0.15) is 11.4 Å². The topological polar surface area (TPSA) is 58.2 Å². The quantitative estimate of drug-likeness (QED) is 0.871. The molecule has 2 aromatic rings. The van der Waals surface area contributed by atoms with Gasteiger partial charge in [-0.2, -0.15) is 0 Å². The van der Waals surface area contributed by atoms with Crippen LogP contribution in [0.15, 0.2) is 24.3 Å². The fourth-order valence-electron chi connectivity index (χ4n) is 2.72. The number of imidazole rings is 1. The van der Waals surface area contributed by atoms with Crippen molar-refractivity contribution in [2.24, 2.45) is 0 Å². The number of amides is 1. The van der Waals surface area contributed by atoms with Gasteiger partial charge in [-0.1, -0.05) is 12.1 Å². The molecular weight excluding hydrogens is 266 g/mol. The van der Waals surface area contributed by atoms with E-state index in [-0.39, 0.29) is 12.1 Å². The summed E-state index contributed by atoms with van der Waals surface area (Å²) >= 11 is 0. The van der Waals surface area contributed by atoms with E-state index in [1.165, 1.54) is 0 Å². The van der Waals surface area contributed by atoms with Crippen molar-refractivity contribution in [2.75, 3.05) is 6.54 Å². The van der Waals surface area contributed by atoms with Gasteiger partial charge in [-0.05, 0) is 45.7 Å². The molecule has 1 aliphatic heterocycles. The lowest BCUT2D eigenvalue weighted by Gasteiger charge is -2.27. The molecule has 1 aromatic heterocycles. The van der Waals surface area contributed by atoms with Gasteiger partial charge in [0.25, 0.3) is 0 Å². The summed E-state index contributed by atoms with van der Waals surface area (Å²) in [6.07, 6.45) is 1.63. The highest BCUT2D eigenvalue weighted by Gasteiger charge is 2.34. The second kappa shape index (κ2) is 5.06. The Bertz CT molecular complexity index is 624. The molecule has 1 N–H and O–H groups in total. The van der Waals surface area contributed by atoms with Gasteiger partial charge < -0.3 is 9.72 Å². The van der Waals surface area contributed by atoms with Crippen LogP contribution in [0.1, 0.15) is 45.5 Å². The van der Waals surface area contributed by atoms with E-state index < -0.39 is 5.60 Å². The highest BCUT2D eigenvalue weighted by Crippen LogP contribution is 2.32. The average molecular weight is 287 g/mol. The monoisotopic (exact) mass is 287 g/mol. The number of carbonyl (C=O) groups is 1. The summed E-state index contributed by atoms with van der Waals surface area (Å²) in [7, 11) is 0. The second-order valence-electron chi connectivity index (χ2n) is 6.47. The van der Waals surface area contributed by atoms with Crippen molar-refractivity contribution >= 4 is 17.1 Å². The largest absolute Gasteiger partial charge is 0.444 e. The van der Waals surface area contributed by atoms with Crippen LogP contribution in [-0.2, 0) is 4.74 Å². The molecule has 5 heteroatoms. The van der Waals surface area contributed by atoms with Gasteiger partial charge in [0.15, 0.2) is 0 Å². The first-order chi connectivity index (χ1) is 9.94. The molecule has 21 heavy (non-hydrogen) atoms. The van der Waals surface area contributed by atoms with Crippen LogP contribution in [-0.4, -0.2) is 33.1 Å². The zero-order valence-electron chi connectivity index (χ0n) is 12.7. The first-order valence-corrected chi connectivity index (χ1v) is 7.38. The van der Waals surface area contributed by atoms with Crippen molar-refractivity contribution in [1.29, 1.82) is 0 Å². The molecule has 0 unspecified atom stereocenters. The number of hydrogen-bond donors (Lipinski definition) is 1. The van der Waals surface area contributed by atoms with Crippen LogP contribution in [0.2, 0.25) is 0 Å². The van der Waals surface area contributed by atoms with Crippen LogP contribution in [0.25, 0.3) is 11.0 Å². The molecule has 0 aliphatic carbocycles. The van der Waals surface area contributed by atoms with Gasteiger partial charge in [-0.15, -0.1) is 0 Å². The molecule has 112 valence electrons. The summed E-state index contributed by atoms with van der Waals surface area (Å²) in [5, 5.41) is 0. The lowest BCUT2D eigenvalue weighted by molar-refractivity contribution is 0.0219. The summed E-state index contributed by atoms with van der Waals surface area (Å²) in [4.78, 5) is 22.0. The van der Waals surface area contributed by atoms with E-state index in [0.29, 0.717) is 0 Å². The van der Waals surface area contributed by atoms with Crippen LogP contribution >= 0.6 is 0 Å². The number of nitrogens with zero attached hydrogens (tertiary/aromatic N) is 2. The first-order valence-electron chi connectivity index (χ1n) is 7.38. The summed E-state index contributed by atoms with van der Waals surface area (Å²) in [6, 6.07) is 7.89. The minimum atomic E-state index is -0.474. The van der Waals surface area contributed by atoms with Gasteiger partial charge in [-0.25, -0.2) is 9.78 Å². The molecule has 0 spiro atoms. The van der Waals surface area contributed by atoms with Gasteiger partial charge >= 0.3 is 6.09 Å². The Labute approximate surface area is 124 Å². The third kappa shape index (κ3) is 2.86. The molecule has 3 rings (SSSR count). The molecule has 1 aromatic carbocycles. The number of fused-ring (bicyclic) bond motifs is 1. The Morgan fingerprint density at radius 3 is 2.86 bits per heavy atom. The normalized spacial score (nSPS) is 19.2. The van der Waals surface area contributed by atoms with Crippen LogP contribution in [0.4, 0.5) is 4.79 Å². The zero-order chi connectivity index (χ0) is 15.0. The predicted molar refractivity (Wildman–Crippen MR) is 81.0 cm³/mol. The number of aromatic amines is 1. The molecule has 1 atom stereocenters. The molecule has 0 radical (unpaired) electrons. The van der Waals surface area contributed by atoms with Crippen LogP contribution in [0.3, 0.4) is 0 Å². The Kier molecular flexibility index (Phi) is 3.35. The molecule has 1 aliphatic rings. The molecule has 0 bridgehead atoms. The van der Waals surface area contributed by atoms with Crippen LogP contribution in [0, 0.1) is 0 Å². The Morgan fingerprint density at radius 2 is 2.14 bits per heavy atom. The third-order valence-electron chi connectivity index (χ3n) is 3.60. The minimum absolute atomic E-state index is 0.0211. The van der Waals surface area contributed by atoms with Crippen molar-refractivity contribution in [1.82, 2.24) is 14.9 Å². The SMILES string of the molecule is CC(C)(C)OC(=O)N1CCC[C@H]1c1nc2ccccc2[nH]1. The Morgan fingerprint density at radius 1 is 1.38 bits per heavy atom. The molecular formula is C16H21N3O2. The minimum Gasteiger partial charge on any atom is -0.444 e. The fraction of sp³-hybridized carbons (Fsp3) is 0.500. The summed E-state index contributed by atoms with van der Waals surface area (Å²) in [5.74, 6) is 0.847. The Hall–Kier alpha value is -2.04. The number of H-pyrrole nitrogens is 1. The fourth-order valence-corrected chi connectivity index (χ4v) is 2.72. The van der Waals surface area contributed by atoms with E-state index in [2.05, 4.69) is 9.97 Å². The second-order valence-corrected chi connectivity index (χ2v) is 6.47. The number of rotatable bonds is 1. The van der Waals surface area contributed by atoms with Gasteiger partial charge in [0.05, 0.1) is 17.1 Å². The number of aromatic nitrogens is 2. The third-order valence-corrected chi connectivity index (χ3v) is 3.60. The van der Waals surface area contributed by atoms with Gasteiger partial charge in [0.2, 0.25) is 0 Å². The van der Waals surface area contributed by atoms with E-state index in [1.807, 2.05) is 45.0 Å². The number of ether oxygens (including phenoxy) is 1. The summed E-state index contributed by atoms with van der Waals surface area (Å²) in [6.45, 7) is 6.38. The lowest BCUT2D eigenvalue weighted by atomic mass is 10.2. The number of benzene rings is 1. The molecule has 2 heterocycles. The molecule has 1 saturated heterocycles. The molecule has 1 amide bonds. The highest BCUT2D eigenvalue weighted by molar-refractivity contribution is 5.75. The van der Waals surface area contributed by atoms with E-state index in [1.54, 1.807) is 4.90 Å². The summed E-state index contributed by atoms with van der Waals surface area (Å²) in [5.41, 5.74) is 1.46. The first kappa shape index (κ1) is 13.9. The van der Waals surface area contributed by atoms with Crippen molar-refractivity contribution < 1.29 is 9.53 Å². The van der Waals surface area contributed by atoms with Crippen molar-refractivity contribution in [3.05, 3.63) is 30.1 Å². The number of carbonyl (C=O) groups excluding carboxylic acids is 1. The maximum Gasteiger partial charge on any atom is 0.410 e. The number of hydrogen-bond acceptors (Lipinski definition) is 3. The highest BCUT2D eigenvalue weighted by atomic mass is 16.6. The van der Waals surface area contributed by atoms with Crippen molar-refractivity contribution in [3.63, 3.8) is 0 Å². The van der Waals surface area contributed by atoms with Crippen molar-refractivity contribution in [2.45, 2.75) is 45.3 Å². The predicted octanol–water partition coefficient (Wildman–Crippen LogP) is 3.63. The average Bonchev–Trinajstić information content (AvgIpc) is 3.02. The van der Waals surface area contributed by atoms with E-state index >= 15 is 0 Å². The maximum absolute atomic E-state index is 12.3. The Balaban J connectivity index is 1.85. The van der Waals surface area contributed by atoms with Gasteiger partial charge in [0, 0.05) is 6.54 Å². The van der Waals surface area contributed by atoms with Crippen LogP contribution < -0.4 is 0 Å². The number of likely N-dealkylation sites (tertiary alicyclic amines) is 1. The maximum atomic E-state index is 12.3. The van der Waals surface area contributed by atoms with E-state index in [4.69, 9.17) is 4.74 Å². The molecule has 0 saturated carbocycles. The number of para-hydroxylation sites is 2. The van der Waals surface area contributed by atoms with E-state index in [9.17, 15) is 4.79 Å². The van der Waals surface area contributed by atoms with Gasteiger partial charge in [-0.3, -0.25) is 4.90 Å². The molecule has 1 fully saturated rings. The zero-order valence-corrected chi connectivity index (χ0v) is 12.7. The van der Waals surface area contributed by atoms with Crippen molar-refractivity contribution in [3.8, 4) is 0 Å². The summed E-state index contributed by atoms with van der Waals surface area (Å²) < 4.78 is 5.49. The standard InChI is InChI=1S/C16H21N3O2/c1-16(2,3)21-15(20)19-10-6-9-13(19)14-17-11-7-4-5-8-12(11)18-14/h4-5,7-8,13H,6,9-10H2,1-3H3,(H,17,18)/t13-/m0/s1.